The fourth-order valence-electron chi connectivity index (χ4n) is 3.22. The molecule has 1 unspecified atom stereocenters. The van der Waals surface area contributed by atoms with Crippen LogP contribution in [0.1, 0.15) is 44.9 Å². The van der Waals surface area contributed by atoms with Crippen LogP contribution in [0.5, 0.6) is 0 Å². The predicted octanol–water partition coefficient (Wildman–Crippen LogP) is 1.23. The van der Waals surface area contributed by atoms with Gasteiger partial charge in [0.25, 0.3) is 0 Å². The first kappa shape index (κ1) is 15.1. The van der Waals surface area contributed by atoms with Gasteiger partial charge in [-0.15, -0.1) is 0 Å². The number of rotatable bonds is 5. The van der Waals surface area contributed by atoms with E-state index < -0.39 is 5.41 Å². The quantitative estimate of drug-likeness (QED) is 0.306. The van der Waals surface area contributed by atoms with Crippen LogP contribution in [0.15, 0.2) is 5.16 Å². The molecule has 6 nitrogen and oxygen atoms in total. The maximum Gasteiger partial charge on any atom is 0.233 e. The zero-order valence-corrected chi connectivity index (χ0v) is 11.9. The molecule has 2 rings (SSSR count). The topological polar surface area (TPSA) is 96.9 Å². The first-order chi connectivity index (χ1) is 9.69. The normalized spacial score (nSPS) is 26.4. The maximum absolute atomic E-state index is 12.5. The number of ether oxygens (including phenoxy) is 1. The number of nitrogens with one attached hydrogen (secondary N) is 1. The average Bonchev–Trinajstić information content (AvgIpc) is 3.00. The summed E-state index contributed by atoms with van der Waals surface area (Å²) in [6, 6.07) is 0. The van der Waals surface area contributed by atoms with Crippen molar-refractivity contribution >= 4 is 11.7 Å². The summed E-state index contributed by atoms with van der Waals surface area (Å²) in [6.45, 7) is 2.25. The Kier molecular flexibility index (Phi) is 5.23. The monoisotopic (exact) mass is 283 g/mol. The van der Waals surface area contributed by atoms with Gasteiger partial charge in [0, 0.05) is 19.8 Å². The van der Waals surface area contributed by atoms with E-state index in [-0.39, 0.29) is 11.7 Å². The minimum atomic E-state index is -0.806. The van der Waals surface area contributed by atoms with E-state index in [1.807, 2.05) is 0 Å². The van der Waals surface area contributed by atoms with Crippen LogP contribution in [-0.4, -0.2) is 36.7 Å². The van der Waals surface area contributed by atoms with Crippen LogP contribution in [0.4, 0.5) is 0 Å². The molecule has 0 radical (unpaired) electrons. The van der Waals surface area contributed by atoms with Crippen LogP contribution in [-0.2, 0) is 9.53 Å². The van der Waals surface area contributed by atoms with Crippen LogP contribution in [0.3, 0.4) is 0 Å². The molecule has 1 amide bonds. The molecule has 1 saturated carbocycles. The van der Waals surface area contributed by atoms with Crippen LogP contribution in [0.25, 0.3) is 0 Å². The molecule has 20 heavy (non-hydrogen) atoms. The van der Waals surface area contributed by atoms with Gasteiger partial charge in [0.1, 0.15) is 5.41 Å². The fraction of sp³-hybridized carbons (Fsp3) is 0.857. The Labute approximate surface area is 119 Å². The van der Waals surface area contributed by atoms with Gasteiger partial charge in [-0.1, -0.05) is 24.4 Å². The van der Waals surface area contributed by atoms with Crippen molar-refractivity contribution < 1.29 is 14.7 Å². The lowest BCUT2D eigenvalue weighted by molar-refractivity contribution is -0.129. The zero-order valence-electron chi connectivity index (χ0n) is 11.9. The van der Waals surface area contributed by atoms with Gasteiger partial charge in [0.05, 0.1) is 0 Å². The Morgan fingerprint density at radius 3 is 2.75 bits per heavy atom. The van der Waals surface area contributed by atoms with Crippen LogP contribution in [0, 0.1) is 11.3 Å². The van der Waals surface area contributed by atoms with Gasteiger partial charge in [-0.25, -0.2) is 0 Å². The Morgan fingerprint density at radius 1 is 1.40 bits per heavy atom. The highest BCUT2D eigenvalue weighted by Gasteiger charge is 2.43. The molecular weight excluding hydrogens is 258 g/mol. The Balaban J connectivity index is 1.89. The van der Waals surface area contributed by atoms with Gasteiger partial charge >= 0.3 is 0 Å². The van der Waals surface area contributed by atoms with E-state index in [4.69, 9.17) is 15.7 Å². The van der Waals surface area contributed by atoms with E-state index in [1.165, 1.54) is 0 Å². The summed E-state index contributed by atoms with van der Waals surface area (Å²) < 4.78 is 5.32. The van der Waals surface area contributed by atoms with E-state index in [2.05, 4.69) is 10.5 Å². The second kappa shape index (κ2) is 6.92. The highest BCUT2D eigenvalue weighted by atomic mass is 16.5. The molecule has 2 fully saturated rings. The molecule has 0 bridgehead atoms. The van der Waals surface area contributed by atoms with Crippen molar-refractivity contribution in [1.82, 2.24) is 5.32 Å². The Morgan fingerprint density at radius 2 is 2.15 bits per heavy atom. The summed E-state index contributed by atoms with van der Waals surface area (Å²) in [7, 11) is 0. The van der Waals surface area contributed by atoms with E-state index in [1.54, 1.807) is 0 Å². The number of hydrogen-bond acceptors (Lipinski definition) is 4. The minimum absolute atomic E-state index is 0.0545. The lowest BCUT2D eigenvalue weighted by atomic mass is 9.72. The van der Waals surface area contributed by atoms with E-state index in [9.17, 15) is 4.79 Å². The Hall–Kier alpha value is -1.30. The molecule has 1 aliphatic heterocycles. The van der Waals surface area contributed by atoms with Gasteiger partial charge in [-0.2, -0.15) is 0 Å². The lowest BCUT2D eigenvalue weighted by Crippen LogP contribution is -2.51. The summed E-state index contributed by atoms with van der Waals surface area (Å²) in [5.41, 5.74) is 4.99. The molecule has 0 aromatic rings. The number of oxime groups is 1. The van der Waals surface area contributed by atoms with E-state index >= 15 is 0 Å². The zero-order chi connectivity index (χ0) is 14.4. The number of carbonyl (C=O) groups excluding carboxylic acids is 1. The summed E-state index contributed by atoms with van der Waals surface area (Å²) in [5.74, 6) is 0.506. The second-order valence-corrected chi connectivity index (χ2v) is 5.90. The predicted molar refractivity (Wildman–Crippen MR) is 75.5 cm³/mol. The second-order valence-electron chi connectivity index (χ2n) is 5.90. The third kappa shape index (κ3) is 3.23. The molecule has 1 heterocycles. The van der Waals surface area contributed by atoms with Crippen LogP contribution >= 0.6 is 0 Å². The third-order valence-corrected chi connectivity index (χ3v) is 4.60. The first-order valence-electron chi connectivity index (χ1n) is 7.53. The molecule has 1 atom stereocenters. The summed E-state index contributed by atoms with van der Waals surface area (Å²) in [5, 5.41) is 15.0. The van der Waals surface area contributed by atoms with Gasteiger partial charge < -0.3 is 21.0 Å². The molecule has 1 aliphatic carbocycles. The number of nitrogens with two attached hydrogens (primary N) is 1. The smallest absolute Gasteiger partial charge is 0.233 e. The number of nitrogens with zero attached hydrogens (tertiary/aromatic N) is 1. The van der Waals surface area contributed by atoms with Crippen molar-refractivity contribution in [3.8, 4) is 0 Å². The number of amidine groups is 1. The first-order valence-corrected chi connectivity index (χ1v) is 7.53. The van der Waals surface area contributed by atoms with Gasteiger partial charge in [-0.05, 0) is 31.6 Å². The third-order valence-electron chi connectivity index (χ3n) is 4.60. The molecule has 1 saturated heterocycles. The fourth-order valence-corrected chi connectivity index (χ4v) is 3.22. The lowest BCUT2D eigenvalue weighted by Gasteiger charge is -2.34. The summed E-state index contributed by atoms with van der Waals surface area (Å²) in [4.78, 5) is 12.5. The standard InChI is InChI=1S/C14H25N3O3/c15-12(17-19)14(6-2-1-3-7-14)13(18)16-8-4-11-5-9-20-10-11/h11,19H,1-10H2,(H2,15,17)(H,16,18). The van der Waals surface area contributed by atoms with Crippen molar-refractivity contribution in [3.05, 3.63) is 0 Å². The van der Waals surface area contributed by atoms with Crippen LogP contribution < -0.4 is 11.1 Å². The van der Waals surface area contributed by atoms with Crippen molar-refractivity contribution in [3.63, 3.8) is 0 Å². The Bertz CT molecular complexity index is 359. The molecule has 2 aliphatic rings. The van der Waals surface area contributed by atoms with Crippen molar-refractivity contribution in [2.75, 3.05) is 19.8 Å². The molecule has 6 heteroatoms. The van der Waals surface area contributed by atoms with Crippen molar-refractivity contribution in [2.24, 2.45) is 22.2 Å². The molecule has 0 aromatic carbocycles. The largest absolute Gasteiger partial charge is 0.409 e. The molecule has 114 valence electrons. The number of amides is 1. The highest BCUT2D eigenvalue weighted by molar-refractivity contribution is 6.06. The van der Waals surface area contributed by atoms with E-state index in [0.717, 1.165) is 45.3 Å². The van der Waals surface area contributed by atoms with E-state index in [0.29, 0.717) is 25.3 Å². The van der Waals surface area contributed by atoms with Crippen LogP contribution in [0.2, 0.25) is 0 Å². The number of carbonyl (C=O) groups is 1. The van der Waals surface area contributed by atoms with Gasteiger partial charge in [0.2, 0.25) is 5.91 Å². The summed E-state index contributed by atoms with van der Waals surface area (Å²) in [6.07, 6.45) is 6.33. The maximum atomic E-state index is 12.5. The molecule has 0 spiro atoms. The minimum Gasteiger partial charge on any atom is -0.409 e. The van der Waals surface area contributed by atoms with Gasteiger partial charge in [-0.3, -0.25) is 4.79 Å². The van der Waals surface area contributed by atoms with Crippen molar-refractivity contribution in [2.45, 2.75) is 44.9 Å². The average molecular weight is 283 g/mol. The highest BCUT2D eigenvalue weighted by Crippen LogP contribution is 2.36. The number of hydrogen-bond donors (Lipinski definition) is 3. The SMILES string of the molecule is NC(=NO)C1(C(=O)NCCC2CCOC2)CCCCC1. The molecule has 4 N–H and O–H groups in total. The summed E-state index contributed by atoms with van der Waals surface area (Å²) >= 11 is 0. The van der Waals surface area contributed by atoms with Gasteiger partial charge in [0.15, 0.2) is 5.84 Å². The van der Waals surface area contributed by atoms with Crippen molar-refractivity contribution in [1.29, 1.82) is 0 Å². The molecular formula is C14H25N3O3. The molecule has 0 aromatic heterocycles.